The van der Waals surface area contributed by atoms with Crippen LogP contribution in [0.4, 0.5) is 10.5 Å². The van der Waals surface area contributed by atoms with Gasteiger partial charge in [0.15, 0.2) is 0 Å². The summed E-state index contributed by atoms with van der Waals surface area (Å²) in [5, 5.41) is 5.56. The summed E-state index contributed by atoms with van der Waals surface area (Å²) in [6.07, 6.45) is 2.55. The Labute approximate surface area is 126 Å². The standard InChI is InChI=1S/C17H23N3O/c1-14-7-8-16(13-15(14)2)19-17(21)18-9-3-4-10-20-11-5-6-12-20/h7-8,13H,5-6,9-12H2,1-2H3,(H2,18,19,21). The average Bonchev–Trinajstić information content (AvgIpc) is 2.96. The van der Waals surface area contributed by atoms with Crippen molar-refractivity contribution in [3.63, 3.8) is 0 Å². The Balaban J connectivity index is 1.69. The van der Waals surface area contributed by atoms with Crippen LogP contribution in [-0.2, 0) is 0 Å². The number of hydrogen-bond donors (Lipinski definition) is 2. The van der Waals surface area contributed by atoms with Crippen LogP contribution in [0.3, 0.4) is 0 Å². The van der Waals surface area contributed by atoms with E-state index in [0.717, 1.165) is 25.3 Å². The highest BCUT2D eigenvalue weighted by atomic mass is 16.2. The molecule has 4 nitrogen and oxygen atoms in total. The Morgan fingerprint density at radius 3 is 2.67 bits per heavy atom. The van der Waals surface area contributed by atoms with Crippen LogP contribution in [-0.4, -0.2) is 37.1 Å². The number of urea groups is 1. The van der Waals surface area contributed by atoms with Crippen LogP contribution >= 0.6 is 0 Å². The fraction of sp³-hybridized carbons (Fsp3) is 0.471. The maximum absolute atomic E-state index is 11.7. The molecule has 0 unspecified atom stereocenters. The van der Waals surface area contributed by atoms with Crippen molar-refractivity contribution in [3.05, 3.63) is 29.3 Å². The van der Waals surface area contributed by atoms with Crippen molar-refractivity contribution in [1.82, 2.24) is 10.2 Å². The number of likely N-dealkylation sites (tertiary alicyclic amines) is 1. The highest BCUT2D eigenvalue weighted by molar-refractivity contribution is 5.89. The predicted octanol–water partition coefficient (Wildman–Crippen LogP) is 2.52. The van der Waals surface area contributed by atoms with Crippen molar-refractivity contribution < 1.29 is 4.79 Å². The molecule has 0 radical (unpaired) electrons. The maximum Gasteiger partial charge on any atom is 0.319 e. The Kier molecular flexibility index (Phi) is 5.65. The van der Waals surface area contributed by atoms with Crippen LogP contribution in [0.5, 0.6) is 0 Å². The minimum absolute atomic E-state index is 0.214. The Morgan fingerprint density at radius 1 is 1.19 bits per heavy atom. The lowest BCUT2D eigenvalue weighted by Gasteiger charge is -2.09. The molecule has 2 amide bonds. The molecule has 21 heavy (non-hydrogen) atoms. The van der Waals surface area contributed by atoms with Gasteiger partial charge in [-0.05, 0) is 63.0 Å². The number of rotatable bonds is 3. The van der Waals surface area contributed by atoms with E-state index < -0.39 is 0 Å². The molecule has 4 heteroatoms. The molecule has 0 aromatic heterocycles. The molecule has 2 N–H and O–H groups in total. The molecule has 2 rings (SSSR count). The third-order valence-corrected chi connectivity index (χ3v) is 3.73. The number of nitrogens with one attached hydrogen (secondary N) is 2. The van der Waals surface area contributed by atoms with E-state index in [2.05, 4.69) is 34.3 Å². The van der Waals surface area contributed by atoms with Crippen LogP contribution in [0.2, 0.25) is 0 Å². The third-order valence-electron chi connectivity index (χ3n) is 3.73. The van der Waals surface area contributed by atoms with Gasteiger partial charge in [-0.25, -0.2) is 4.79 Å². The molecule has 1 fully saturated rings. The van der Waals surface area contributed by atoms with Gasteiger partial charge in [0, 0.05) is 5.69 Å². The fourth-order valence-electron chi connectivity index (χ4n) is 2.29. The molecule has 1 aromatic rings. The molecule has 0 aliphatic carbocycles. The molecule has 0 atom stereocenters. The topological polar surface area (TPSA) is 44.4 Å². The largest absolute Gasteiger partial charge is 0.327 e. The molecule has 1 saturated heterocycles. The smallest absolute Gasteiger partial charge is 0.319 e. The first-order valence-electron chi connectivity index (χ1n) is 7.45. The first-order chi connectivity index (χ1) is 10.1. The van der Waals surface area contributed by atoms with E-state index in [1.807, 2.05) is 25.1 Å². The molecule has 1 aliphatic rings. The second-order valence-electron chi connectivity index (χ2n) is 5.44. The molecule has 1 aromatic carbocycles. The van der Waals surface area contributed by atoms with Gasteiger partial charge >= 0.3 is 6.03 Å². The van der Waals surface area contributed by atoms with E-state index in [9.17, 15) is 4.79 Å². The number of aryl methyl sites for hydroxylation is 2. The number of nitrogens with zero attached hydrogens (tertiary/aromatic N) is 1. The SMILES string of the molecule is Cc1ccc(NC(=O)NCC#CCN2CCCC2)cc1C. The summed E-state index contributed by atoms with van der Waals surface area (Å²) in [5.74, 6) is 6.08. The Morgan fingerprint density at radius 2 is 1.95 bits per heavy atom. The number of amides is 2. The van der Waals surface area contributed by atoms with Crippen LogP contribution in [0.25, 0.3) is 0 Å². The van der Waals surface area contributed by atoms with Gasteiger partial charge in [-0.3, -0.25) is 4.90 Å². The van der Waals surface area contributed by atoms with E-state index >= 15 is 0 Å². The van der Waals surface area contributed by atoms with Gasteiger partial charge in [0.05, 0.1) is 13.1 Å². The van der Waals surface area contributed by atoms with Gasteiger partial charge in [0.25, 0.3) is 0 Å². The molecule has 0 spiro atoms. The summed E-state index contributed by atoms with van der Waals surface area (Å²) in [4.78, 5) is 14.1. The zero-order valence-electron chi connectivity index (χ0n) is 12.8. The van der Waals surface area contributed by atoms with Crippen molar-refractivity contribution in [3.8, 4) is 11.8 Å². The highest BCUT2D eigenvalue weighted by Gasteiger charge is 2.08. The van der Waals surface area contributed by atoms with Crippen LogP contribution in [0.15, 0.2) is 18.2 Å². The maximum atomic E-state index is 11.7. The highest BCUT2D eigenvalue weighted by Crippen LogP contribution is 2.13. The first-order valence-corrected chi connectivity index (χ1v) is 7.45. The van der Waals surface area contributed by atoms with Gasteiger partial charge in [-0.1, -0.05) is 17.9 Å². The summed E-state index contributed by atoms with van der Waals surface area (Å²) in [6, 6.07) is 5.66. The zero-order valence-corrected chi connectivity index (χ0v) is 12.8. The monoisotopic (exact) mass is 285 g/mol. The predicted molar refractivity (Wildman–Crippen MR) is 86.4 cm³/mol. The summed E-state index contributed by atoms with van der Waals surface area (Å²) in [6.45, 7) is 7.56. The lowest BCUT2D eigenvalue weighted by molar-refractivity contribution is 0.253. The minimum atomic E-state index is -0.214. The number of carbonyl (C=O) groups excluding carboxylic acids is 1. The van der Waals surface area contributed by atoms with Gasteiger partial charge in [-0.2, -0.15) is 0 Å². The Hall–Kier alpha value is -1.99. The quantitative estimate of drug-likeness (QED) is 0.838. The van der Waals surface area contributed by atoms with E-state index in [-0.39, 0.29) is 6.03 Å². The molecule has 1 aliphatic heterocycles. The van der Waals surface area contributed by atoms with Gasteiger partial charge < -0.3 is 10.6 Å². The van der Waals surface area contributed by atoms with Crippen molar-refractivity contribution in [2.45, 2.75) is 26.7 Å². The summed E-state index contributed by atoms with van der Waals surface area (Å²) in [7, 11) is 0. The Bertz CT molecular complexity index is 551. The van der Waals surface area contributed by atoms with Crippen LogP contribution < -0.4 is 10.6 Å². The number of benzene rings is 1. The normalized spacial score (nSPS) is 14.4. The molecule has 0 saturated carbocycles. The molecule has 0 bridgehead atoms. The number of hydrogen-bond acceptors (Lipinski definition) is 2. The van der Waals surface area contributed by atoms with Crippen molar-refractivity contribution in [1.29, 1.82) is 0 Å². The average molecular weight is 285 g/mol. The minimum Gasteiger partial charge on any atom is -0.327 e. The number of anilines is 1. The van der Waals surface area contributed by atoms with Crippen LogP contribution in [0.1, 0.15) is 24.0 Å². The second kappa shape index (κ2) is 7.70. The fourth-order valence-corrected chi connectivity index (χ4v) is 2.29. The van der Waals surface area contributed by atoms with Gasteiger partial charge in [0.2, 0.25) is 0 Å². The lowest BCUT2D eigenvalue weighted by Crippen LogP contribution is -2.29. The molecular formula is C17H23N3O. The summed E-state index contributed by atoms with van der Waals surface area (Å²) < 4.78 is 0. The van der Waals surface area contributed by atoms with Gasteiger partial charge in [0.1, 0.15) is 0 Å². The van der Waals surface area contributed by atoms with Gasteiger partial charge in [-0.15, -0.1) is 0 Å². The summed E-state index contributed by atoms with van der Waals surface area (Å²) in [5.41, 5.74) is 3.19. The lowest BCUT2D eigenvalue weighted by atomic mass is 10.1. The van der Waals surface area contributed by atoms with Crippen molar-refractivity contribution in [2.75, 3.05) is 31.5 Å². The van der Waals surface area contributed by atoms with E-state index in [4.69, 9.17) is 0 Å². The molecular weight excluding hydrogens is 262 g/mol. The first kappa shape index (κ1) is 15.4. The van der Waals surface area contributed by atoms with Crippen molar-refractivity contribution >= 4 is 11.7 Å². The second-order valence-corrected chi connectivity index (χ2v) is 5.44. The zero-order chi connectivity index (χ0) is 15.1. The summed E-state index contributed by atoms with van der Waals surface area (Å²) >= 11 is 0. The van der Waals surface area contributed by atoms with Crippen LogP contribution in [0, 0.1) is 25.7 Å². The van der Waals surface area contributed by atoms with E-state index in [0.29, 0.717) is 6.54 Å². The van der Waals surface area contributed by atoms with E-state index in [1.54, 1.807) is 0 Å². The number of carbonyl (C=O) groups is 1. The van der Waals surface area contributed by atoms with E-state index in [1.165, 1.54) is 24.0 Å². The molecule has 112 valence electrons. The molecule has 1 heterocycles. The third kappa shape index (κ3) is 5.13. The van der Waals surface area contributed by atoms with Crippen molar-refractivity contribution in [2.24, 2.45) is 0 Å².